The van der Waals surface area contributed by atoms with Crippen LogP contribution in [0.5, 0.6) is 5.75 Å². The van der Waals surface area contributed by atoms with Crippen LogP contribution in [-0.2, 0) is 28.6 Å². The van der Waals surface area contributed by atoms with Gasteiger partial charge in [0.25, 0.3) is 0 Å². The molecule has 0 bridgehead atoms. The van der Waals surface area contributed by atoms with E-state index >= 15 is 0 Å². The van der Waals surface area contributed by atoms with Crippen LogP contribution in [0.3, 0.4) is 0 Å². The number of dihydropyridines is 1. The number of hydrogen-bond donors (Lipinski definition) is 1. The zero-order valence-corrected chi connectivity index (χ0v) is 19.7. The van der Waals surface area contributed by atoms with Crippen molar-refractivity contribution in [2.45, 2.75) is 33.1 Å². The van der Waals surface area contributed by atoms with Crippen LogP contribution in [0.25, 0.3) is 0 Å². The van der Waals surface area contributed by atoms with Crippen molar-refractivity contribution >= 4 is 17.7 Å². The fraction of sp³-hybridized carbons (Fsp3) is 0.480. The molecule has 3 rings (SSSR count). The number of Topliss-reactive ketones (excluding diaryl/α,β-unsaturated/α-hetero) is 1. The molecule has 8 heteroatoms. The molecule has 0 aromatic heterocycles. The lowest BCUT2D eigenvalue weighted by Crippen LogP contribution is -2.43. The summed E-state index contributed by atoms with van der Waals surface area (Å²) >= 11 is 0. The molecular weight excluding hydrogens is 426 g/mol. The van der Waals surface area contributed by atoms with Crippen LogP contribution < -0.4 is 10.1 Å². The normalized spacial score (nSPS) is 22.5. The summed E-state index contributed by atoms with van der Waals surface area (Å²) in [6.45, 7) is 6.39. The fourth-order valence-corrected chi connectivity index (χ4v) is 4.52. The van der Waals surface area contributed by atoms with Gasteiger partial charge in [0.2, 0.25) is 0 Å². The standard InChI is InChI=1S/C25H31NO7/c1-6-32-10-11-33-25(29)20-15(3)26-18-12-14(2)19(24(28)31-5)23(27)22(18)21(20)16-8-7-9-17(13-16)30-4/h7-9,13-14,19,21,26H,6,10-12H2,1-5H3/t14-,19+,21-/m0/s1. The molecule has 0 unspecified atom stereocenters. The Morgan fingerprint density at radius 2 is 1.94 bits per heavy atom. The average Bonchev–Trinajstić information content (AvgIpc) is 2.80. The number of rotatable bonds is 8. The number of allylic oxidation sites excluding steroid dienone is 3. The Hall–Kier alpha value is -3.13. The summed E-state index contributed by atoms with van der Waals surface area (Å²) in [4.78, 5) is 39.3. The number of ketones is 1. The van der Waals surface area contributed by atoms with Crippen LogP contribution in [-0.4, -0.2) is 51.8 Å². The summed E-state index contributed by atoms with van der Waals surface area (Å²) in [6, 6.07) is 7.22. The summed E-state index contributed by atoms with van der Waals surface area (Å²) in [5.41, 5.74) is 2.73. The monoisotopic (exact) mass is 457 g/mol. The molecular formula is C25H31NO7. The van der Waals surface area contributed by atoms with Gasteiger partial charge in [-0.25, -0.2) is 4.79 Å². The third-order valence-corrected chi connectivity index (χ3v) is 6.06. The molecule has 1 N–H and O–H groups in total. The van der Waals surface area contributed by atoms with Gasteiger partial charge < -0.3 is 24.3 Å². The van der Waals surface area contributed by atoms with E-state index in [2.05, 4.69) is 5.32 Å². The highest BCUT2D eigenvalue weighted by Gasteiger charge is 2.47. The lowest BCUT2D eigenvalue weighted by molar-refractivity contribution is -0.151. The van der Waals surface area contributed by atoms with Gasteiger partial charge in [-0.05, 0) is 43.9 Å². The van der Waals surface area contributed by atoms with Gasteiger partial charge in [0, 0.05) is 29.5 Å². The number of carbonyl (C=O) groups excluding carboxylic acids is 3. The van der Waals surface area contributed by atoms with Crippen molar-refractivity contribution in [1.29, 1.82) is 0 Å². The summed E-state index contributed by atoms with van der Waals surface area (Å²) in [6.07, 6.45) is 0.477. The van der Waals surface area contributed by atoms with Crippen molar-refractivity contribution in [1.82, 2.24) is 5.32 Å². The molecule has 33 heavy (non-hydrogen) atoms. The van der Waals surface area contributed by atoms with E-state index < -0.39 is 23.8 Å². The Morgan fingerprint density at radius 3 is 2.61 bits per heavy atom. The first-order chi connectivity index (χ1) is 15.8. The van der Waals surface area contributed by atoms with Crippen molar-refractivity contribution in [3.8, 4) is 5.75 Å². The van der Waals surface area contributed by atoms with Crippen molar-refractivity contribution < 1.29 is 33.3 Å². The van der Waals surface area contributed by atoms with Gasteiger partial charge in [0.05, 0.1) is 26.4 Å². The Bertz CT molecular complexity index is 994. The van der Waals surface area contributed by atoms with Crippen molar-refractivity contribution in [2.24, 2.45) is 11.8 Å². The minimum atomic E-state index is -0.933. The van der Waals surface area contributed by atoms with Crippen LogP contribution in [0.2, 0.25) is 0 Å². The van der Waals surface area contributed by atoms with Gasteiger partial charge in [0.15, 0.2) is 5.78 Å². The molecule has 1 aliphatic heterocycles. The maximum Gasteiger partial charge on any atom is 0.336 e. The van der Waals surface area contributed by atoms with E-state index in [-0.39, 0.29) is 24.9 Å². The third kappa shape index (κ3) is 4.95. The van der Waals surface area contributed by atoms with Crippen LogP contribution in [0.4, 0.5) is 0 Å². The van der Waals surface area contributed by atoms with Gasteiger partial charge in [0.1, 0.15) is 18.3 Å². The van der Waals surface area contributed by atoms with E-state index in [1.165, 1.54) is 7.11 Å². The molecule has 178 valence electrons. The molecule has 1 aliphatic carbocycles. The smallest absolute Gasteiger partial charge is 0.336 e. The Kier molecular flexibility index (Phi) is 7.92. The quantitative estimate of drug-likeness (QED) is 0.361. The Morgan fingerprint density at radius 1 is 1.18 bits per heavy atom. The number of esters is 2. The summed E-state index contributed by atoms with van der Waals surface area (Å²) in [7, 11) is 2.83. The van der Waals surface area contributed by atoms with Crippen molar-refractivity contribution in [3.63, 3.8) is 0 Å². The van der Waals surface area contributed by atoms with E-state index in [1.54, 1.807) is 32.2 Å². The van der Waals surface area contributed by atoms with E-state index in [1.807, 2.05) is 19.9 Å². The highest BCUT2D eigenvalue weighted by atomic mass is 16.6. The molecule has 0 fully saturated rings. The minimum absolute atomic E-state index is 0.0932. The molecule has 0 spiro atoms. The van der Waals surface area contributed by atoms with Crippen molar-refractivity contribution in [3.05, 3.63) is 52.4 Å². The average molecular weight is 458 g/mol. The Balaban J connectivity index is 2.09. The molecule has 3 atom stereocenters. The zero-order chi connectivity index (χ0) is 24.1. The molecule has 0 saturated heterocycles. The highest BCUT2D eigenvalue weighted by molar-refractivity contribution is 6.12. The summed E-state index contributed by atoms with van der Waals surface area (Å²) in [5, 5.41) is 3.24. The first kappa shape index (κ1) is 24.5. The van der Waals surface area contributed by atoms with Crippen LogP contribution >= 0.6 is 0 Å². The predicted molar refractivity (Wildman–Crippen MR) is 120 cm³/mol. The maximum absolute atomic E-state index is 13.7. The second-order valence-corrected chi connectivity index (χ2v) is 8.14. The highest BCUT2D eigenvalue weighted by Crippen LogP contribution is 2.45. The van der Waals surface area contributed by atoms with Gasteiger partial charge in [-0.3, -0.25) is 9.59 Å². The molecule has 1 heterocycles. The largest absolute Gasteiger partial charge is 0.497 e. The molecule has 1 aromatic carbocycles. The van der Waals surface area contributed by atoms with Crippen LogP contribution in [0.15, 0.2) is 46.8 Å². The molecule has 2 aliphatic rings. The second-order valence-electron chi connectivity index (χ2n) is 8.14. The second kappa shape index (κ2) is 10.7. The Labute approximate surface area is 193 Å². The molecule has 8 nitrogen and oxygen atoms in total. The first-order valence-corrected chi connectivity index (χ1v) is 11.1. The maximum atomic E-state index is 13.7. The van der Waals surface area contributed by atoms with Crippen LogP contribution in [0.1, 0.15) is 38.7 Å². The van der Waals surface area contributed by atoms with E-state index in [9.17, 15) is 14.4 Å². The van der Waals surface area contributed by atoms with E-state index in [0.29, 0.717) is 46.9 Å². The molecule has 0 radical (unpaired) electrons. The number of nitrogens with one attached hydrogen (secondary N) is 1. The SMILES string of the molecule is CCOCCOC(=O)C1=C(C)NC2=C(C(=O)[C@H](C(=O)OC)[C@@H](C)C2)[C@H]1c1cccc(OC)c1. The van der Waals surface area contributed by atoms with E-state index in [4.69, 9.17) is 18.9 Å². The van der Waals surface area contributed by atoms with Gasteiger partial charge in [-0.15, -0.1) is 0 Å². The van der Waals surface area contributed by atoms with Gasteiger partial charge in [-0.2, -0.15) is 0 Å². The fourth-order valence-electron chi connectivity index (χ4n) is 4.52. The predicted octanol–water partition coefficient (Wildman–Crippen LogP) is 2.89. The first-order valence-electron chi connectivity index (χ1n) is 11.1. The van der Waals surface area contributed by atoms with Gasteiger partial charge in [-0.1, -0.05) is 19.1 Å². The molecule has 1 aromatic rings. The van der Waals surface area contributed by atoms with E-state index in [0.717, 1.165) is 0 Å². The number of hydrogen-bond acceptors (Lipinski definition) is 8. The van der Waals surface area contributed by atoms with Gasteiger partial charge >= 0.3 is 11.9 Å². The number of carbonyl (C=O) groups is 3. The summed E-state index contributed by atoms with van der Waals surface area (Å²) < 4.78 is 21.0. The lowest BCUT2D eigenvalue weighted by atomic mass is 9.69. The minimum Gasteiger partial charge on any atom is -0.497 e. The number of methoxy groups -OCH3 is 2. The van der Waals surface area contributed by atoms with Crippen LogP contribution in [0, 0.1) is 11.8 Å². The number of ether oxygens (including phenoxy) is 4. The summed E-state index contributed by atoms with van der Waals surface area (Å²) in [5.74, 6) is -2.75. The zero-order valence-electron chi connectivity index (χ0n) is 19.7. The number of benzene rings is 1. The lowest BCUT2D eigenvalue weighted by Gasteiger charge is -2.38. The molecule has 0 saturated carbocycles. The molecule has 0 amide bonds. The topological polar surface area (TPSA) is 100 Å². The van der Waals surface area contributed by atoms with Crippen molar-refractivity contribution in [2.75, 3.05) is 34.0 Å². The third-order valence-electron chi connectivity index (χ3n) is 6.06.